The number of nitrogens with zero attached hydrogens (tertiary/aromatic N) is 3. The third-order valence-electron chi connectivity index (χ3n) is 4.92. The minimum Gasteiger partial charge on any atom is -0.465 e. The number of likely N-dealkylation sites (tertiary alicyclic amines) is 1. The molecule has 2 unspecified atom stereocenters. The number of halogens is 3. The van der Waals surface area contributed by atoms with Crippen molar-refractivity contribution >= 4 is 12.0 Å². The van der Waals surface area contributed by atoms with Gasteiger partial charge in [0.25, 0.3) is 5.91 Å². The predicted octanol–water partition coefficient (Wildman–Crippen LogP) is 3.65. The molecule has 0 radical (unpaired) electrons. The molecule has 1 aliphatic heterocycles. The van der Waals surface area contributed by atoms with Crippen molar-refractivity contribution in [2.24, 2.45) is 5.41 Å². The first-order chi connectivity index (χ1) is 13.9. The number of benzene rings is 1. The minimum absolute atomic E-state index is 0.241. The van der Waals surface area contributed by atoms with Crippen molar-refractivity contribution in [1.29, 1.82) is 0 Å². The fraction of sp³-hybridized carbons (Fsp3) is 0.474. The lowest BCUT2D eigenvalue weighted by atomic mass is 9.82. The summed E-state index contributed by atoms with van der Waals surface area (Å²) in [7, 11) is 0. The van der Waals surface area contributed by atoms with E-state index in [9.17, 15) is 27.9 Å². The van der Waals surface area contributed by atoms with Crippen molar-refractivity contribution in [2.45, 2.75) is 45.5 Å². The van der Waals surface area contributed by atoms with E-state index in [2.05, 4.69) is 20.0 Å². The summed E-state index contributed by atoms with van der Waals surface area (Å²) in [4.78, 5) is 28.8. The highest BCUT2D eigenvalue weighted by Crippen LogP contribution is 2.33. The van der Waals surface area contributed by atoms with Crippen LogP contribution < -0.4 is 5.32 Å². The average molecular weight is 426 g/mol. The van der Waals surface area contributed by atoms with Gasteiger partial charge in [0.2, 0.25) is 5.82 Å². The summed E-state index contributed by atoms with van der Waals surface area (Å²) in [6.45, 7) is 6.05. The molecule has 2 atom stereocenters. The predicted molar refractivity (Wildman–Crippen MR) is 98.6 cm³/mol. The number of hydrogen-bond acceptors (Lipinski definition) is 5. The molecule has 2 amide bonds. The first kappa shape index (κ1) is 21.6. The highest BCUT2D eigenvalue weighted by Gasteiger charge is 2.44. The Kier molecular flexibility index (Phi) is 5.48. The molecule has 2 heterocycles. The van der Waals surface area contributed by atoms with E-state index < -0.39 is 30.1 Å². The molecular weight excluding hydrogens is 405 g/mol. The highest BCUT2D eigenvalue weighted by atomic mass is 19.4. The number of nitrogens with one attached hydrogen (secondary N) is 1. The van der Waals surface area contributed by atoms with Gasteiger partial charge in [-0.1, -0.05) is 38.1 Å². The van der Waals surface area contributed by atoms with Crippen LogP contribution in [0.15, 0.2) is 28.8 Å². The quantitative estimate of drug-likeness (QED) is 0.776. The minimum atomic E-state index is -4.74. The lowest BCUT2D eigenvalue weighted by Gasteiger charge is -2.37. The Balaban J connectivity index is 1.73. The van der Waals surface area contributed by atoms with E-state index in [1.165, 1.54) is 29.2 Å². The molecule has 162 valence electrons. The molecule has 0 spiro atoms. The fourth-order valence-corrected chi connectivity index (χ4v) is 3.71. The molecule has 1 fully saturated rings. The van der Waals surface area contributed by atoms with Crippen LogP contribution in [-0.4, -0.2) is 50.8 Å². The largest absolute Gasteiger partial charge is 0.471 e. The number of hydrogen-bond donors (Lipinski definition) is 2. The third-order valence-corrected chi connectivity index (χ3v) is 4.92. The molecule has 1 aromatic carbocycles. The summed E-state index contributed by atoms with van der Waals surface area (Å²) >= 11 is 0. The van der Waals surface area contributed by atoms with Gasteiger partial charge in [-0.25, -0.2) is 4.79 Å². The van der Waals surface area contributed by atoms with Crippen LogP contribution in [0.3, 0.4) is 0 Å². The molecule has 1 saturated heterocycles. The molecule has 0 saturated carbocycles. The van der Waals surface area contributed by atoms with Crippen LogP contribution in [0.4, 0.5) is 18.0 Å². The van der Waals surface area contributed by atoms with Crippen LogP contribution in [0.25, 0.3) is 11.4 Å². The summed E-state index contributed by atoms with van der Waals surface area (Å²) in [6, 6.07) is 4.95. The van der Waals surface area contributed by atoms with Crippen molar-refractivity contribution < 1.29 is 32.4 Å². The molecule has 3 rings (SSSR count). The second kappa shape index (κ2) is 7.62. The first-order valence-electron chi connectivity index (χ1n) is 9.19. The van der Waals surface area contributed by atoms with E-state index in [4.69, 9.17) is 0 Å². The van der Waals surface area contributed by atoms with Gasteiger partial charge in [-0.05, 0) is 24.0 Å². The van der Waals surface area contributed by atoms with Crippen LogP contribution in [0.5, 0.6) is 0 Å². The molecule has 2 N–H and O–H groups in total. The van der Waals surface area contributed by atoms with Crippen LogP contribution >= 0.6 is 0 Å². The summed E-state index contributed by atoms with van der Waals surface area (Å²) in [5.74, 6) is -2.09. The number of aromatic nitrogens is 2. The van der Waals surface area contributed by atoms with Gasteiger partial charge in [-0.15, -0.1) is 0 Å². The summed E-state index contributed by atoms with van der Waals surface area (Å²) < 4.78 is 42.0. The summed E-state index contributed by atoms with van der Waals surface area (Å²) in [5, 5.41) is 15.6. The highest BCUT2D eigenvalue weighted by molar-refractivity contribution is 5.95. The number of alkyl halides is 3. The van der Waals surface area contributed by atoms with Gasteiger partial charge in [0, 0.05) is 17.7 Å². The molecule has 11 heteroatoms. The second-order valence-electron chi connectivity index (χ2n) is 8.15. The van der Waals surface area contributed by atoms with E-state index in [-0.39, 0.29) is 28.4 Å². The Bertz CT molecular complexity index is 934. The number of carboxylic acid groups (broad SMARTS) is 1. The normalized spacial score (nSPS) is 19.7. The topological polar surface area (TPSA) is 109 Å². The van der Waals surface area contributed by atoms with Crippen LogP contribution in [0.2, 0.25) is 0 Å². The van der Waals surface area contributed by atoms with Gasteiger partial charge in [0.15, 0.2) is 0 Å². The van der Waals surface area contributed by atoms with E-state index in [0.717, 1.165) is 0 Å². The Labute approximate surface area is 170 Å². The zero-order valence-electron chi connectivity index (χ0n) is 16.5. The van der Waals surface area contributed by atoms with Gasteiger partial charge < -0.3 is 19.8 Å². The van der Waals surface area contributed by atoms with Crippen LogP contribution in [0, 0.1) is 5.41 Å². The zero-order valence-corrected chi connectivity index (χ0v) is 16.5. The Morgan fingerprint density at radius 3 is 2.33 bits per heavy atom. The van der Waals surface area contributed by atoms with Crippen LogP contribution in [-0.2, 0) is 6.18 Å². The lowest BCUT2D eigenvalue weighted by Crippen LogP contribution is -2.52. The van der Waals surface area contributed by atoms with Crippen molar-refractivity contribution in [3.63, 3.8) is 0 Å². The molecular formula is C19H21F3N4O4. The van der Waals surface area contributed by atoms with E-state index in [1.54, 1.807) is 0 Å². The molecule has 0 bridgehead atoms. The van der Waals surface area contributed by atoms with E-state index in [1.807, 2.05) is 20.8 Å². The van der Waals surface area contributed by atoms with Crippen molar-refractivity contribution in [2.75, 3.05) is 6.54 Å². The van der Waals surface area contributed by atoms with E-state index in [0.29, 0.717) is 13.0 Å². The average Bonchev–Trinajstić information content (AvgIpc) is 3.28. The maximum atomic E-state index is 12.7. The van der Waals surface area contributed by atoms with Gasteiger partial charge in [0.1, 0.15) is 0 Å². The zero-order chi connectivity index (χ0) is 22.3. The molecule has 1 aromatic heterocycles. The number of carbonyl (C=O) groups is 2. The molecule has 1 aliphatic rings. The fourth-order valence-electron chi connectivity index (χ4n) is 3.71. The van der Waals surface area contributed by atoms with Gasteiger partial charge in [-0.3, -0.25) is 4.79 Å². The number of carbonyl (C=O) groups excluding carboxylic acids is 1. The Morgan fingerprint density at radius 2 is 1.83 bits per heavy atom. The lowest BCUT2D eigenvalue weighted by molar-refractivity contribution is -0.159. The van der Waals surface area contributed by atoms with Gasteiger partial charge in [-0.2, -0.15) is 18.2 Å². The maximum Gasteiger partial charge on any atom is 0.471 e. The maximum absolute atomic E-state index is 12.7. The molecule has 8 nitrogen and oxygen atoms in total. The third kappa shape index (κ3) is 4.39. The summed E-state index contributed by atoms with van der Waals surface area (Å²) in [5.41, 5.74) is 0.155. The first-order valence-corrected chi connectivity index (χ1v) is 9.19. The van der Waals surface area contributed by atoms with Gasteiger partial charge in [0.05, 0.1) is 12.1 Å². The molecule has 30 heavy (non-hydrogen) atoms. The van der Waals surface area contributed by atoms with Crippen LogP contribution in [0.1, 0.15) is 43.4 Å². The molecule has 0 aliphatic carbocycles. The van der Waals surface area contributed by atoms with Gasteiger partial charge >= 0.3 is 18.2 Å². The van der Waals surface area contributed by atoms with E-state index >= 15 is 0 Å². The van der Waals surface area contributed by atoms with Crippen molar-refractivity contribution in [3.8, 4) is 11.4 Å². The number of amides is 2. The monoisotopic (exact) mass is 426 g/mol. The SMILES string of the molecule is CC(C)(C)C1C(NC(=O)c2ccc(-c3noc(C(F)(F)F)n3)cc2)CCN1C(=O)O. The second-order valence-corrected chi connectivity index (χ2v) is 8.15. The Hall–Kier alpha value is -3.11. The standard InChI is InChI=1S/C19H21F3N4O4/c1-18(2,3)13-12(8-9-26(13)17(28)29)23-15(27)11-6-4-10(5-7-11)14-24-16(30-25-14)19(20,21)22/h4-7,12-13H,8-9H2,1-3H3,(H,23,27)(H,28,29). The smallest absolute Gasteiger partial charge is 0.465 e. The molecule has 2 aromatic rings. The van der Waals surface area contributed by atoms with Crippen molar-refractivity contribution in [3.05, 3.63) is 35.7 Å². The summed E-state index contributed by atoms with van der Waals surface area (Å²) in [6.07, 6.45) is -5.28. The van der Waals surface area contributed by atoms with Crippen molar-refractivity contribution in [1.82, 2.24) is 20.4 Å². The number of rotatable bonds is 3. The Morgan fingerprint density at radius 1 is 1.20 bits per heavy atom.